The molecular formula is C12H11BrFNO2. The average molecular weight is 300 g/mol. The first-order chi connectivity index (χ1) is 8.19. The molecule has 5 heteroatoms. The van der Waals surface area contributed by atoms with Crippen LogP contribution in [-0.4, -0.2) is 0 Å². The van der Waals surface area contributed by atoms with E-state index in [2.05, 4.69) is 15.9 Å². The van der Waals surface area contributed by atoms with Gasteiger partial charge in [0.1, 0.15) is 29.7 Å². The van der Waals surface area contributed by atoms with E-state index >= 15 is 0 Å². The fraction of sp³-hybridized carbons (Fsp3) is 0.167. The molecule has 0 aliphatic heterocycles. The molecule has 0 fully saturated rings. The van der Waals surface area contributed by atoms with Crippen LogP contribution in [-0.2, 0) is 13.2 Å². The van der Waals surface area contributed by atoms with Crippen molar-refractivity contribution in [2.45, 2.75) is 13.2 Å². The molecule has 0 aliphatic rings. The quantitative estimate of drug-likeness (QED) is 0.943. The van der Waals surface area contributed by atoms with Crippen molar-refractivity contribution >= 4 is 15.9 Å². The summed E-state index contributed by atoms with van der Waals surface area (Å²) >= 11 is 3.08. The molecule has 0 saturated carbocycles. The standard InChI is InChI=1S/C12H11BrFNO2/c13-11-4-3-8(5-12(11)14)16-7-10-2-1-9(6-15)17-10/h1-5H,6-7,15H2. The predicted octanol–water partition coefficient (Wildman–Crippen LogP) is 3.22. The van der Waals surface area contributed by atoms with Crippen LogP contribution >= 0.6 is 15.9 Å². The summed E-state index contributed by atoms with van der Waals surface area (Å²) in [5.74, 6) is 1.46. The minimum Gasteiger partial charge on any atom is -0.486 e. The number of hydrogen-bond donors (Lipinski definition) is 1. The number of nitrogens with two attached hydrogens (primary N) is 1. The molecule has 0 radical (unpaired) electrons. The second-order valence-electron chi connectivity index (χ2n) is 3.44. The molecule has 2 aromatic rings. The molecule has 1 heterocycles. The molecule has 0 atom stereocenters. The summed E-state index contributed by atoms with van der Waals surface area (Å²) in [5, 5.41) is 0. The van der Waals surface area contributed by atoms with E-state index < -0.39 is 0 Å². The Bertz CT molecular complexity index is 513. The van der Waals surface area contributed by atoms with E-state index in [4.69, 9.17) is 14.9 Å². The van der Waals surface area contributed by atoms with Gasteiger partial charge in [-0.3, -0.25) is 0 Å². The lowest BCUT2D eigenvalue weighted by molar-refractivity contribution is 0.265. The van der Waals surface area contributed by atoms with Crippen molar-refractivity contribution in [2.24, 2.45) is 5.73 Å². The zero-order valence-corrected chi connectivity index (χ0v) is 10.5. The minimum absolute atomic E-state index is 0.251. The van der Waals surface area contributed by atoms with Crippen molar-refractivity contribution in [1.82, 2.24) is 0 Å². The molecule has 0 unspecified atom stereocenters. The molecule has 1 aromatic heterocycles. The highest BCUT2D eigenvalue weighted by atomic mass is 79.9. The predicted molar refractivity (Wildman–Crippen MR) is 65.0 cm³/mol. The van der Waals surface area contributed by atoms with Gasteiger partial charge in [0.2, 0.25) is 0 Å². The SMILES string of the molecule is NCc1ccc(COc2ccc(Br)c(F)c2)o1. The molecule has 1 aromatic carbocycles. The van der Waals surface area contributed by atoms with E-state index in [1.165, 1.54) is 6.07 Å². The van der Waals surface area contributed by atoms with Crippen LogP contribution in [0.1, 0.15) is 11.5 Å². The summed E-state index contributed by atoms with van der Waals surface area (Å²) in [6.45, 7) is 0.605. The Balaban J connectivity index is 1.99. The fourth-order valence-electron chi connectivity index (χ4n) is 1.33. The lowest BCUT2D eigenvalue weighted by Crippen LogP contribution is -1.95. The average Bonchev–Trinajstić information content (AvgIpc) is 2.79. The van der Waals surface area contributed by atoms with Gasteiger partial charge in [0.15, 0.2) is 0 Å². The Morgan fingerprint density at radius 1 is 1.24 bits per heavy atom. The normalized spacial score (nSPS) is 10.5. The highest BCUT2D eigenvalue weighted by molar-refractivity contribution is 9.10. The van der Waals surface area contributed by atoms with E-state index in [0.29, 0.717) is 28.3 Å². The Hall–Kier alpha value is -1.33. The summed E-state index contributed by atoms with van der Waals surface area (Å²) in [6, 6.07) is 8.17. The Morgan fingerprint density at radius 2 is 2.00 bits per heavy atom. The molecule has 2 N–H and O–H groups in total. The van der Waals surface area contributed by atoms with Gasteiger partial charge in [0.25, 0.3) is 0 Å². The lowest BCUT2D eigenvalue weighted by atomic mass is 10.3. The summed E-state index contributed by atoms with van der Waals surface area (Å²) in [5.41, 5.74) is 5.42. The zero-order chi connectivity index (χ0) is 12.3. The minimum atomic E-state index is -0.357. The smallest absolute Gasteiger partial charge is 0.146 e. The topological polar surface area (TPSA) is 48.4 Å². The van der Waals surface area contributed by atoms with Crippen LogP contribution in [0.25, 0.3) is 0 Å². The number of ether oxygens (including phenoxy) is 1. The lowest BCUT2D eigenvalue weighted by Gasteiger charge is -2.04. The van der Waals surface area contributed by atoms with Gasteiger partial charge >= 0.3 is 0 Å². The van der Waals surface area contributed by atoms with Crippen LogP contribution in [0.3, 0.4) is 0 Å². The number of furan rings is 1. The number of halogens is 2. The van der Waals surface area contributed by atoms with Crippen molar-refractivity contribution in [3.05, 3.63) is 52.1 Å². The molecular weight excluding hydrogens is 289 g/mol. The number of rotatable bonds is 4. The first kappa shape index (κ1) is 12.1. The Labute approximate surface area is 106 Å². The van der Waals surface area contributed by atoms with E-state index in [-0.39, 0.29) is 12.4 Å². The van der Waals surface area contributed by atoms with Crippen LogP contribution in [0, 0.1) is 5.82 Å². The maximum absolute atomic E-state index is 13.2. The van der Waals surface area contributed by atoms with Gasteiger partial charge in [-0.25, -0.2) is 4.39 Å². The summed E-state index contributed by atoms with van der Waals surface area (Å²) in [6.07, 6.45) is 0. The van der Waals surface area contributed by atoms with Crippen molar-refractivity contribution < 1.29 is 13.5 Å². The van der Waals surface area contributed by atoms with Crippen molar-refractivity contribution in [1.29, 1.82) is 0 Å². The summed E-state index contributed by atoms with van der Waals surface area (Å²) < 4.78 is 24.4. The Kier molecular flexibility index (Phi) is 3.81. The number of benzene rings is 1. The van der Waals surface area contributed by atoms with Gasteiger partial charge in [-0.15, -0.1) is 0 Å². The highest BCUT2D eigenvalue weighted by Crippen LogP contribution is 2.21. The van der Waals surface area contributed by atoms with Gasteiger partial charge < -0.3 is 14.9 Å². The van der Waals surface area contributed by atoms with E-state index in [0.717, 1.165) is 0 Å². The van der Waals surface area contributed by atoms with Gasteiger partial charge in [-0.05, 0) is 40.2 Å². The van der Waals surface area contributed by atoms with Crippen LogP contribution in [0.2, 0.25) is 0 Å². The molecule has 0 saturated heterocycles. The Morgan fingerprint density at radius 3 is 2.65 bits per heavy atom. The second kappa shape index (κ2) is 5.33. The monoisotopic (exact) mass is 299 g/mol. The van der Waals surface area contributed by atoms with E-state index in [1.807, 2.05) is 0 Å². The van der Waals surface area contributed by atoms with Crippen LogP contribution in [0.15, 0.2) is 39.2 Å². The zero-order valence-electron chi connectivity index (χ0n) is 8.95. The van der Waals surface area contributed by atoms with Gasteiger partial charge in [-0.2, -0.15) is 0 Å². The van der Waals surface area contributed by atoms with Gasteiger partial charge in [-0.1, -0.05) is 0 Å². The van der Waals surface area contributed by atoms with Gasteiger partial charge in [0.05, 0.1) is 11.0 Å². The maximum atomic E-state index is 13.2. The van der Waals surface area contributed by atoms with Crippen molar-refractivity contribution in [2.75, 3.05) is 0 Å². The van der Waals surface area contributed by atoms with Crippen LogP contribution in [0.5, 0.6) is 5.75 Å². The van der Waals surface area contributed by atoms with Crippen LogP contribution < -0.4 is 10.5 Å². The fourth-order valence-corrected chi connectivity index (χ4v) is 1.58. The van der Waals surface area contributed by atoms with E-state index in [1.54, 1.807) is 24.3 Å². The van der Waals surface area contributed by atoms with Gasteiger partial charge in [0, 0.05) is 6.07 Å². The highest BCUT2D eigenvalue weighted by Gasteiger charge is 2.04. The second-order valence-corrected chi connectivity index (χ2v) is 4.29. The van der Waals surface area contributed by atoms with E-state index in [9.17, 15) is 4.39 Å². The number of hydrogen-bond acceptors (Lipinski definition) is 3. The molecule has 0 spiro atoms. The molecule has 2 rings (SSSR count). The molecule has 0 amide bonds. The van der Waals surface area contributed by atoms with Crippen LogP contribution in [0.4, 0.5) is 4.39 Å². The first-order valence-corrected chi connectivity index (χ1v) is 5.84. The van der Waals surface area contributed by atoms with Crippen molar-refractivity contribution in [3.63, 3.8) is 0 Å². The first-order valence-electron chi connectivity index (χ1n) is 5.04. The summed E-state index contributed by atoms with van der Waals surface area (Å²) in [7, 11) is 0. The summed E-state index contributed by atoms with van der Waals surface area (Å²) in [4.78, 5) is 0. The molecule has 17 heavy (non-hydrogen) atoms. The molecule has 0 bridgehead atoms. The maximum Gasteiger partial charge on any atom is 0.146 e. The molecule has 90 valence electrons. The van der Waals surface area contributed by atoms with Crippen molar-refractivity contribution in [3.8, 4) is 5.75 Å². The third-order valence-corrected chi connectivity index (χ3v) is 2.83. The molecule has 0 aliphatic carbocycles. The third-order valence-electron chi connectivity index (χ3n) is 2.19. The largest absolute Gasteiger partial charge is 0.486 e. The third kappa shape index (κ3) is 3.08. The molecule has 3 nitrogen and oxygen atoms in total.